The second-order valence-corrected chi connectivity index (χ2v) is 5.84. The molecular formula is C13H9FN2O2S2. The predicted molar refractivity (Wildman–Crippen MR) is 75.2 cm³/mol. The fourth-order valence-electron chi connectivity index (χ4n) is 2.16. The molecule has 0 atom stereocenters. The molecule has 0 aliphatic carbocycles. The second kappa shape index (κ2) is 4.60. The van der Waals surface area contributed by atoms with Gasteiger partial charge < -0.3 is 5.11 Å². The van der Waals surface area contributed by atoms with E-state index in [4.69, 9.17) is 12.2 Å². The van der Waals surface area contributed by atoms with Crippen LogP contribution in [-0.4, -0.2) is 15.6 Å². The number of hydrogen-bond acceptors (Lipinski definition) is 4. The molecule has 7 heteroatoms. The number of carbonyl (C=O) groups is 1. The van der Waals surface area contributed by atoms with Crippen molar-refractivity contribution in [2.24, 2.45) is 4.99 Å². The number of amides is 1. The van der Waals surface area contributed by atoms with Gasteiger partial charge in [-0.1, -0.05) is 12.1 Å². The Hall–Kier alpha value is -1.86. The van der Waals surface area contributed by atoms with Crippen LogP contribution in [-0.2, 0) is 11.3 Å². The number of benzene rings is 1. The third-order valence-electron chi connectivity index (χ3n) is 3.10. The number of aromatic hydroxyl groups is 1. The highest BCUT2D eigenvalue weighted by Crippen LogP contribution is 2.32. The zero-order chi connectivity index (χ0) is 14.4. The first-order valence-electron chi connectivity index (χ1n) is 5.89. The van der Waals surface area contributed by atoms with Gasteiger partial charge >= 0.3 is 0 Å². The average molecular weight is 308 g/mol. The molecule has 1 N–H and O–H groups in total. The Bertz CT molecular complexity index is 911. The number of para-hydroxylation sites is 1. The highest BCUT2D eigenvalue weighted by Gasteiger charge is 2.25. The summed E-state index contributed by atoms with van der Waals surface area (Å²) in [6.07, 6.45) is 0. The zero-order valence-electron chi connectivity index (χ0n) is 10.4. The number of rotatable bonds is 2. The van der Waals surface area contributed by atoms with Gasteiger partial charge in [0, 0.05) is 11.8 Å². The molecule has 1 aliphatic rings. The lowest BCUT2D eigenvalue weighted by Gasteiger charge is -2.01. The molecule has 102 valence electrons. The topological polar surface area (TPSA) is 54.6 Å². The Balaban J connectivity index is 2.42. The summed E-state index contributed by atoms with van der Waals surface area (Å²) in [6, 6.07) is 4.37. The molecule has 0 unspecified atom stereocenters. The first-order chi connectivity index (χ1) is 9.54. The molecule has 2 aromatic rings. The fraction of sp³-hybridized carbons (Fsp3) is 0.154. The maximum atomic E-state index is 13.7. The van der Waals surface area contributed by atoms with Crippen molar-refractivity contribution in [2.45, 2.75) is 13.5 Å². The van der Waals surface area contributed by atoms with Crippen LogP contribution < -0.4 is 10.6 Å². The van der Waals surface area contributed by atoms with Gasteiger partial charge in [0.1, 0.15) is 16.1 Å². The van der Waals surface area contributed by atoms with E-state index in [1.54, 1.807) is 6.07 Å². The van der Waals surface area contributed by atoms with Crippen molar-refractivity contribution in [1.29, 1.82) is 0 Å². The normalized spacial score (nSPS) is 13.5. The van der Waals surface area contributed by atoms with Gasteiger partial charge in [0.25, 0.3) is 5.91 Å². The van der Waals surface area contributed by atoms with Crippen molar-refractivity contribution in [3.63, 3.8) is 0 Å². The summed E-state index contributed by atoms with van der Waals surface area (Å²) in [6.45, 7) is 2.33. The van der Waals surface area contributed by atoms with Crippen molar-refractivity contribution in [3.8, 4) is 5.88 Å². The second-order valence-electron chi connectivity index (χ2n) is 4.19. The van der Waals surface area contributed by atoms with E-state index in [-0.39, 0.29) is 16.8 Å². The minimum absolute atomic E-state index is 0.0225. The van der Waals surface area contributed by atoms with Crippen LogP contribution in [0.15, 0.2) is 23.2 Å². The molecule has 20 heavy (non-hydrogen) atoms. The first-order valence-corrected chi connectivity index (χ1v) is 7.12. The van der Waals surface area contributed by atoms with Crippen molar-refractivity contribution in [1.82, 2.24) is 4.57 Å². The van der Waals surface area contributed by atoms with E-state index >= 15 is 0 Å². The van der Waals surface area contributed by atoms with Gasteiger partial charge in [-0.3, -0.25) is 9.36 Å². The predicted octanol–water partition coefficient (Wildman–Crippen LogP) is 1.50. The summed E-state index contributed by atoms with van der Waals surface area (Å²) in [5.41, 5.74) is 0.209. The lowest BCUT2D eigenvalue weighted by atomic mass is 10.1. The number of aromatic nitrogens is 1. The molecule has 0 fully saturated rings. The van der Waals surface area contributed by atoms with E-state index < -0.39 is 11.7 Å². The number of fused-ring (bicyclic) bond motifs is 1. The fourth-order valence-corrected chi connectivity index (χ4v) is 3.63. The lowest BCUT2D eigenvalue weighted by molar-refractivity contribution is -0.112. The Morgan fingerprint density at radius 2 is 2.25 bits per heavy atom. The molecule has 1 aliphatic heterocycles. The standard InChI is InChI=1S/C13H9FN2O2S2/c1-2-16-12(18)10(20-13(16)19)8-6-4-3-5-7(14)9(6)15-11(8)17/h3-5,18H,2H2,1H3. The van der Waals surface area contributed by atoms with Crippen LogP contribution in [0.4, 0.5) is 4.39 Å². The van der Waals surface area contributed by atoms with E-state index in [2.05, 4.69) is 4.99 Å². The number of halogens is 1. The largest absolute Gasteiger partial charge is 0.493 e. The maximum absolute atomic E-state index is 13.7. The highest BCUT2D eigenvalue weighted by molar-refractivity contribution is 7.73. The summed E-state index contributed by atoms with van der Waals surface area (Å²) in [5.74, 6) is -1.18. The maximum Gasteiger partial charge on any atom is 0.279 e. The van der Waals surface area contributed by atoms with Gasteiger partial charge in [0.15, 0.2) is 3.95 Å². The lowest BCUT2D eigenvalue weighted by Crippen LogP contribution is -2.26. The molecule has 1 amide bonds. The van der Waals surface area contributed by atoms with Gasteiger partial charge in [-0.15, -0.1) is 11.3 Å². The number of thiazole rings is 1. The van der Waals surface area contributed by atoms with Crippen molar-refractivity contribution < 1.29 is 14.3 Å². The Labute approximate surface area is 122 Å². The van der Waals surface area contributed by atoms with Gasteiger partial charge in [0.2, 0.25) is 5.88 Å². The van der Waals surface area contributed by atoms with Crippen LogP contribution in [0.1, 0.15) is 11.8 Å². The Morgan fingerprint density at radius 3 is 2.90 bits per heavy atom. The van der Waals surface area contributed by atoms with Gasteiger partial charge in [0.05, 0.1) is 5.57 Å². The van der Waals surface area contributed by atoms with E-state index in [1.807, 2.05) is 6.92 Å². The van der Waals surface area contributed by atoms with E-state index in [9.17, 15) is 14.3 Å². The van der Waals surface area contributed by atoms with Crippen molar-refractivity contribution >= 4 is 35.0 Å². The molecule has 4 nitrogen and oxygen atoms in total. The summed E-state index contributed by atoms with van der Waals surface area (Å²) in [4.78, 5) is 16.1. The Kier molecular flexibility index (Phi) is 3.02. The van der Waals surface area contributed by atoms with E-state index in [0.29, 0.717) is 20.6 Å². The summed E-state index contributed by atoms with van der Waals surface area (Å²) >= 11 is 6.27. The molecule has 0 saturated carbocycles. The molecular weight excluding hydrogens is 299 g/mol. The van der Waals surface area contributed by atoms with Gasteiger partial charge in [-0.05, 0) is 25.2 Å². The molecule has 2 heterocycles. The summed E-state index contributed by atoms with van der Waals surface area (Å²) < 4.78 is 15.6. The molecule has 0 bridgehead atoms. The van der Waals surface area contributed by atoms with Crippen LogP contribution in [0.2, 0.25) is 0 Å². The average Bonchev–Trinajstić information content (AvgIpc) is 2.87. The van der Waals surface area contributed by atoms with E-state index in [0.717, 1.165) is 11.3 Å². The third-order valence-corrected chi connectivity index (χ3v) is 4.55. The molecule has 0 spiro atoms. The number of nitrogens with zero attached hydrogens (tertiary/aromatic N) is 2. The smallest absolute Gasteiger partial charge is 0.279 e. The zero-order valence-corrected chi connectivity index (χ0v) is 12.0. The van der Waals surface area contributed by atoms with Gasteiger partial charge in [-0.2, -0.15) is 0 Å². The van der Waals surface area contributed by atoms with Crippen LogP contribution in [0.5, 0.6) is 5.88 Å². The van der Waals surface area contributed by atoms with Crippen LogP contribution in [0, 0.1) is 9.77 Å². The van der Waals surface area contributed by atoms with E-state index in [1.165, 1.54) is 16.7 Å². The number of carbonyl (C=O) groups excluding carboxylic acids is 1. The molecule has 1 aromatic heterocycles. The SMILES string of the molecule is CCn1c(O)c(C2=c3cccc(F)c3=NC2=O)sc1=S. The first kappa shape index (κ1) is 13.1. The quantitative estimate of drug-likeness (QED) is 0.856. The molecule has 0 radical (unpaired) electrons. The third kappa shape index (κ3) is 1.74. The summed E-state index contributed by atoms with van der Waals surface area (Å²) in [7, 11) is 0. The van der Waals surface area contributed by atoms with Crippen molar-refractivity contribution in [3.05, 3.63) is 43.4 Å². The minimum Gasteiger partial charge on any atom is -0.493 e. The van der Waals surface area contributed by atoms with Crippen LogP contribution >= 0.6 is 23.6 Å². The molecule has 0 saturated heterocycles. The van der Waals surface area contributed by atoms with Crippen LogP contribution in [0.3, 0.4) is 0 Å². The number of hydrogen-bond donors (Lipinski definition) is 1. The van der Waals surface area contributed by atoms with Crippen LogP contribution in [0.25, 0.3) is 5.57 Å². The molecule has 3 rings (SSSR count). The Morgan fingerprint density at radius 1 is 1.50 bits per heavy atom. The molecule has 1 aromatic carbocycles. The monoisotopic (exact) mass is 308 g/mol. The minimum atomic E-state index is -0.556. The highest BCUT2D eigenvalue weighted by atomic mass is 32.1. The van der Waals surface area contributed by atoms with Gasteiger partial charge in [-0.25, -0.2) is 9.38 Å². The summed E-state index contributed by atoms with van der Waals surface area (Å²) in [5, 5.41) is 10.6. The van der Waals surface area contributed by atoms with Crippen molar-refractivity contribution in [2.75, 3.05) is 0 Å².